The summed E-state index contributed by atoms with van der Waals surface area (Å²) in [5.41, 5.74) is 0.0394. The van der Waals surface area contributed by atoms with Crippen LogP contribution in [0, 0.1) is 16.0 Å². The summed E-state index contributed by atoms with van der Waals surface area (Å²) in [4.78, 5) is 26.4. The lowest BCUT2D eigenvalue weighted by molar-refractivity contribution is -0.384. The molecule has 8 nitrogen and oxygen atoms in total. The van der Waals surface area contributed by atoms with Crippen LogP contribution in [-0.2, 0) is 0 Å². The Balaban J connectivity index is 2.02. The molecule has 0 aliphatic carbocycles. The smallest absolute Gasteiger partial charge is 0.407 e. The molecular formula is C12H15ClN4O4. The van der Waals surface area contributed by atoms with Gasteiger partial charge in [0.2, 0.25) is 5.15 Å². The lowest BCUT2D eigenvalue weighted by Crippen LogP contribution is -2.41. The second-order valence-corrected chi connectivity index (χ2v) is 5.23. The minimum Gasteiger partial charge on any atom is -0.465 e. The summed E-state index contributed by atoms with van der Waals surface area (Å²) in [7, 11) is 0. The summed E-state index contributed by atoms with van der Waals surface area (Å²) in [5.74, 6) is 0.112. The molecule has 0 saturated carbocycles. The summed E-state index contributed by atoms with van der Waals surface area (Å²) >= 11 is 5.73. The van der Waals surface area contributed by atoms with Gasteiger partial charge in [0.05, 0.1) is 4.92 Å². The molecule has 1 aliphatic heterocycles. The Kier molecular flexibility index (Phi) is 4.79. The first-order valence-corrected chi connectivity index (χ1v) is 6.87. The van der Waals surface area contributed by atoms with Crippen molar-refractivity contribution in [2.45, 2.75) is 12.8 Å². The Labute approximate surface area is 125 Å². The van der Waals surface area contributed by atoms with E-state index >= 15 is 0 Å². The maximum absolute atomic E-state index is 11.0. The molecule has 0 spiro atoms. The number of pyridine rings is 1. The maximum Gasteiger partial charge on any atom is 0.407 e. The van der Waals surface area contributed by atoms with Crippen LogP contribution in [0.25, 0.3) is 0 Å². The average Bonchev–Trinajstić information content (AvgIpc) is 2.45. The number of amides is 1. The van der Waals surface area contributed by atoms with Crippen molar-refractivity contribution >= 4 is 29.1 Å². The first kappa shape index (κ1) is 15.3. The molecule has 1 saturated heterocycles. The van der Waals surface area contributed by atoms with E-state index in [1.807, 2.05) is 0 Å². The van der Waals surface area contributed by atoms with Crippen molar-refractivity contribution in [3.05, 3.63) is 27.5 Å². The first-order valence-electron chi connectivity index (χ1n) is 6.49. The maximum atomic E-state index is 11.0. The van der Waals surface area contributed by atoms with E-state index in [9.17, 15) is 14.9 Å². The summed E-state index contributed by atoms with van der Waals surface area (Å²) in [5, 5.41) is 22.8. The number of nitrogens with zero attached hydrogens (tertiary/aromatic N) is 3. The average molecular weight is 315 g/mol. The Morgan fingerprint density at radius 2 is 2.43 bits per heavy atom. The third-order valence-electron chi connectivity index (χ3n) is 3.43. The number of carbonyl (C=O) groups is 1. The van der Waals surface area contributed by atoms with E-state index in [0.29, 0.717) is 25.3 Å². The molecule has 1 aromatic heterocycles. The molecule has 2 N–H and O–H groups in total. The Bertz CT molecular complexity index is 554. The molecule has 1 fully saturated rings. The van der Waals surface area contributed by atoms with Crippen LogP contribution in [0.15, 0.2) is 12.3 Å². The normalized spacial score (nSPS) is 18.3. The van der Waals surface area contributed by atoms with Crippen LogP contribution in [0.3, 0.4) is 0 Å². The molecule has 2 rings (SSSR count). The summed E-state index contributed by atoms with van der Waals surface area (Å²) in [6.07, 6.45) is 2.13. The van der Waals surface area contributed by atoms with Gasteiger partial charge in [-0.2, -0.15) is 0 Å². The number of piperidine rings is 1. The minimum absolute atomic E-state index is 0.112. The fourth-order valence-electron chi connectivity index (χ4n) is 2.40. The highest BCUT2D eigenvalue weighted by Crippen LogP contribution is 2.30. The van der Waals surface area contributed by atoms with Gasteiger partial charge < -0.3 is 15.3 Å². The standard InChI is InChI=1S/C12H15ClN4O4/c13-11-10(17(20)21)9(3-4-14-11)15-6-8-2-1-5-16(7-8)12(18)19/h3-4,8H,1-2,5-7H2,(H,14,15)(H,18,19). The highest BCUT2D eigenvalue weighted by Gasteiger charge is 2.25. The molecule has 0 radical (unpaired) electrons. The number of halogens is 1. The van der Waals surface area contributed by atoms with Crippen molar-refractivity contribution in [1.29, 1.82) is 0 Å². The molecule has 1 atom stereocenters. The quantitative estimate of drug-likeness (QED) is 0.502. The van der Waals surface area contributed by atoms with Crippen molar-refractivity contribution in [3.63, 3.8) is 0 Å². The second kappa shape index (κ2) is 6.57. The SMILES string of the molecule is O=C(O)N1CCCC(CNc2ccnc(Cl)c2[N+](=O)[O-])C1. The Morgan fingerprint density at radius 3 is 3.10 bits per heavy atom. The van der Waals surface area contributed by atoms with Crippen LogP contribution in [0.5, 0.6) is 0 Å². The van der Waals surface area contributed by atoms with Gasteiger partial charge in [-0.05, 0) is 24.8 Å². The molecule has 114 valence electrons. The van der Waals surface area contributed by atoms with Crippen LogP contribution >= 0.6 is 11.6 Å². The van der Waals surface area contributed by atoms with E-state index in [1.165, 1.54) is 17.2 Å². The van der Waals surface area contributed by atoms with E-state index in [4.69, 9.17) is 16.7 Å². The van der Waals surface area contributed by atoms with Gasteiger partial charge in [-0.3, -0.25) is 10.1 Å². The van der Waals surface area contributed by atoms with Crippen molar-refractivity contribution in [3.8, 4) is 0 Å². The van der Waals surface area contributed by atoms with E-state index in [1.54, 1.807) is 0 Å². The fraction of sp³-hybridized carbons (Fsp3) is 0.500. The van der Waals surface area contributed by atoms with Gasteiger partial charge in [0.1, 0.15) is 5.69 Å². The molecule has 9 heteroatoms. The highest BCUT2D eigenvalue weighted by molar-refractivity contribution is 6.32. The highest BCUT2D eigenvalue weighted by atomic mass is 35.5. The second-order valence-electron chi connectivity index (χ2n) is 4.87. The third-order valence-corrected chi connectivity index (χ3v) is 3.71. The zero-order valence-corrected chi connectivity index (χ0v) is 11.9. The predicted molar refractivity (Wildman–Crippen MR) is 76.7 cm³/mol. The van der Waals surface area contributed by atoms with Crippen LogP contribution < -0.4 is 5.32 Å². The Hall–Kier alpha value is -2.09. The molecule has 0 aromatic carbocycles. The number of hydrogen-bond acceptors (Lipinski definition) is 5. The monoisotopic (exact) mass is 314 g/mol. The minimum atomic E-state index is -0.933. The molecule has 21 heavy (non-hydrogen) atoms. The Morgan fingerprint density at radius 1 is 1.67 bits per heavy atom. The largest absolute Gasteiger partial charge is 0.465 e. The number of carboxylic acid groups (broad SMARTS) is 1. The van der Waals surface area contributed by atoms with E-state index in [-0.39, 0.29) is 16.8 Å². The number of likely N-dealkylation sites (tertiary alicyclic amines) is 1. The number of aromatic nitrogens is 1. The predicted octanol–water partition coefficient (Wildman–Crippen LogP) is 2.45. The summed E-state index contributed by atoms with van der Waals surface area (Å²) in [6, 6.07) is 1.49. The molecular weight excluding hydrogens is 300 g/mol. The van der Waals surface area contributed by atoms with Gasteiger partial charge >= 0.3 is 11.8 Å². The van der Waals surface area contributed by atoms with Crippen molar-refractivity contribution in [2.75, 3.05) is 25.0 Å². The zero-order valence-electron chi connectivity index (χ0n) is 11.2. The van der Waals surface area contributed by atoms with Gasteiger partial charge in [-0.1, -0.05) is 11.6 Å². The number of nitro groups is 1. The lowest BCUT2D eigenvalue weighted by Gasteiger charge is -2.30. The van der Waals surface area contributed by atoms with Gasteiger partial charge in [-0.25, -0.2) is 9.78 Å². The summed E-state index contributed by atoms with van der Waals surface area (Å²) in [6.45, 7) is 1.41. The number of rotatable bonds is 4. The van der Waals surface area contributed by atoms with Gasteiger partial charge in [0, 0.05) is 25.8 Å². The number of anilines is 1. The van der Waals surface area contributed by atoms with Gasteiger partial charge in [0.15, 0.2) is 0 Å². The number of nitrogens with one attached hydrogen (secondary N) is 1. The molecule has 1 amide bonds. The van der Waals surface area contributed by atoms with Crippen LogP contribution in [0.4, 0.5) is 16.2 Å². The van der Waals surface area contributed by atoms with E-state index < -0.39 is 11.0 Å². The van der Waals surface area contributed by atoms with E-state index in [2.05, 4.69) is 10.3 Å². The van der Waals surface area contributed by atoms with Crippen molar-refractivity contribution < 1.29 is 14.8 Å². The van der Waals surface area contributed by atoms with Crippen molar-refractivity contribution in [1.82, 2.24) is 9.88 Å². The summed E-state index contributed by atoms with van der Waals surface area (Å²) < 4.78 is 0. The number of hydrogen-bond donors (Lipinski definition) is 2. The van der Waals surface area contributed by atoms with E-state index in [0.717, 1.165) is 12.8 Å². The molecule has 2 heterocycles. The molecule has 1 aromatic rings. The van der Waals surface area contributed by atoms with Gasteiger partial charge in [0.25, 0.3) is 0 Å². The fourth-order valence-corrected chi connectivity index (χ4v) is 2.63. The molecule has 1 aliphatic rings. The van der Waals surface area contributed by atoms with Crippen molar-refractivity contribution in [2.24, 2.45) is 5.92 Å². The van der Waals surface area contributed by atoms with Gasteiger partial charge in [-0.15, -0.1) is 0 Å². The van der Waals surface area contributed by atoms with Crippen LogP contribution in [0.1, 0.15) is 12.8 Å². The molecule has 0 bridgehead atoms. The zero-order chi connectivity index (χ0) is 15.4. The lowest BCUT2D eigenvalue weighted by atomic mass is 9.98. The topological polar surface area (TPSA) is 109 Å². The third kappa shape index (κ3) is 3.72. The van der Waals surface area contributed by atoms with Crippen LogP contribution in [0.2, 0.25) is 5.15 Å². The first-order chi connectivity index (χ1) is 9.99. The molecule has 1 unspecified atom stereocenters. The van der Waals surface area contributed by atoms with Crippen LogP contribution in [-0.4, -0.2) is 45.6 Å².